The van der Waals surface area contributed by atoms with Crippen LogP contribution in [-0.4, -0.2) is 17.0 Å². The van der Waals surface area contributed by atoms with Crippen LogP contribution >= 0.6 is 15.9 Å². The van der Waals surface area contributed by atoms with Crippen molar-refractivity contribution in [2.75, 3.05) is 0 Å². The molecule has 1 rings (SSSR count). The maximum Gasteiger partial charge on any atom is 0.303 e. The van der Waals surface area contributed by atoms with E-state index in [1.807, 2.05) is 24.3 Å². The van der Waals surface area contributed by atoms with E-state index in [0.29, 0.717) is 6.54 Å². The number of rotatable bonds is 6. The first-order chi connectivity index (χ1) is 8.47. The van der Waals surface area contributed by atoms with Crippen LogP contribution in [0.5, 0.6) is 0 Å². The number of halogens is 1. The van der Waals surface area contributed by atoms with E-state index in [9.17, 15) is 9.59 Å². The molecule has 4 nitrogen and oxygen atoms in total. The highest BCUT2D eigenvalue weighted by Gasteiger charge is 2.12. The molecule has 0 fully saturated rings. The van der Waals surface area contributed by atoms with Gasteiger partial charge in [0, 0.05) is 23.9 Å². The van der Waals surface area contributed by atoms with Crippen molar-refractivity contribution in [3.63, 3.8) is 0 Å². The number of carboxylic acids is 1. The van der Waals surface area contributed by atoms with Crippen LogP contribution in [0.25, 0.3) is 0 Å². The van der Waals surface area contributed by atoms with E-state index in [1.54, 1.807) is 6.92 Å². The minimum Gasteiger partial charge on any atom is -0.481 e. The third kappa shape index (κ3) is 5.82. The van der Waals surface area contributed by atoms with E-state index < -0.39 is 5.97 Å². The van der Waals surface area contributed by atoms with Crippen molar-refractivity contribution in [3.8, 4) is 0 Å². The lowest BCUT2D eigenvalue weighted by molar-refractivity contribution is -0.138. The van der Waals surface area contributed by atoms with E-state index >= 15 is 0 Å². The molecule has 0 saturated heterocycles. The molecule has 1 unspecified atom stereocenters. The maximum absolute atomic E-state index is 11.6. The van der Waals surface area contributed by atoms with Crippen molar-refractivity contribution in [1.82, 2.24) is 5.32 Å². The number of amides is 1. The Morgan fingerprint density at radius 1 is 1.28 bits per heavy atom. The topological polar surface area (TPSA) is 66.4 Å². The number of aliphatic carboxylic acids is 1. The fraction of sp³-hybridized carbons (Fsp3) is 0.385. The summed E-state index contributed by atoms with van der Waals surface area (Å²) in [5.74, 6) is -1.14. The summed E-state index contributed by atoms with van der Waals surface area (Å²) < 4.78 is 0.993. The van der Waals surface area contributed by atoms with E-state index in [0.717, 1.165) is 10.0 Å². The van der Waals surface area contributed by atoms with Crippen LogP contribution in [-0.2, 0) is 16.1 Å². The fourth-order valence-corrected chi connectivity index (χ4v) is 1.83. The van der Waals surface area contributed by atoms with Gasteiger partial charge in [0.2, 0.25) is 5.91 Å². The summed E-state index contributed by atoms with van der Waals surface area (Å²) in [6, 6.07) is 7.67. The molecule has 1 amide bonds. The number of hydrogen-bond donors (Lipinski definition) is 2. The summed E-state index contributed by atoms with van der Waals surface area (Å²) >= 11 is 3.34. The van der Waals surface area contributed by atoms with Crippen molar-refractivity contribution < 1.29 is 14.7 Å². The first-order valence-electron chi connectivity index (χ1n) is 5.70. The van der Waals surface area contributed by atoms with E-state index in [1.165, 1.54) is 0 Å². The van der Waals surface area contributed by atoms with Gasteiger partial charge in [-0.05, 0) is 23.6 Å². The van der Waals surface area contributed by atoms with Crippen LogP contribution < -0.4 is 5.32 Å². The van der Waals surface area contributed by atoms with Crippen LogP contribution in [0.2, 0.25) is 0 Å². The average Bonchev–Trinajstić information content (AvgIpc) is 2.27. The van der Waals surface area contributed by atoms with Gasteiger partial charge >= 0.3 is 5.97 Å². The van der Waals surface area contributed by atoms with Crippen molar-refractivity contribution in [2.24, 2.45) is 5.92 Å². The average molecular weight is 314 g/mol. The molecule has 0 spiro atoms. The predicted molar refractivity (Wildman–Crippen MR) is 72.0 cm³/mol. The molecule has 1 aromatic rings. The maximum atomic E-state index is 11.6. The summed E-state index contributed by atoms with van der Waals surface area (Å²) in [5.41, 5.74) is 1.01. The summed E-state index contributed by atoms with van der Waals surface area (Å²) in [6.07, 6.45) is 0.258. The summed E-state index contributed by atoms with van der Waals surface area (Å²) in [4.78, 5) is 22.0. The van der Waals surface area contributed by atoms with E-state index in [-0.39, 0.29) is 24.7 Å². The molecular weight excluding hydrogens is 298 g/mol. The lowest BCUT2D eigenvalue weighted by atomic mass is 10.0. The molecule has 5 heteroatoms. The van der Waals surface area contributed by atoms with Gasteiger partial charge in [-0.1, -0.05) is 35.0 Å². The SMILES string of the molecule is CC(CC(=O)O)CC(=O)NCc1ccc(Br)cc1. The van der Waals surface area contributed by atoms with Crippen LogP contribution in [0.1, 0.15) is 25.3 Å². The first kappa shape index (κ1) is 14.7. The molecule has 0 aliphatic rings. The normalized spacial score (nSPS) is 11.9. The van der Waals surface area contributed by atoms with Crippen molar-refractivity contribution in [3.05, 3.63) is 34.3 Å². The molecule has 18 heavy (non-hydrogen) atoms. The Labute approximate surface area is 115 Å². The number of nitrogens with one attached hydrogen (secondary N) is 1. The van der Waals surface area contributed by atoms with Gasteiger partial charge in [-0.25, -0.2) is 0 Å². The van der Waals surface area contributed by atoms with Crippen LogP contribution in [0.3, 0.4) is 0 Å². The molecule has 0 heterocycles. The van der Waals surface area contributed by atoms with Gasteiger partial charge in [0.05, 0.1) is 0 Å². The third-order valence-electron chi connectivity index (χ3n) is 2.46. The zero-order chi connectivity index (χ0) is 13.5. The van der Waals surface area contributed by atoms with Crippen LogP contribution in [0.15, 0.2) is 28.7 Å². The predicted octanol–water partition coefficient (Wildman–Crippen LogP) is 2.57. The Balaban J connectivity index is 2.32. The Morgan fingerprint density at radius 2 is 1.89 bits per heavy atom. The van der Waals surface area contributed by atoms with Gasteiger partial charge in [-0.3, -0.25) is 9.59 Å². The summed E-state index contributed by atoms with van der Waals surface area (Å²) in [6.45, 7) is 2.22. The molecule has 1 atom stereocenters. The second-order valence-corrected chi connectivity index (χ2v) is 5.23. The Morgan fingerprint density at radius 3 is 2.44 bits per heavy atom. The molecule has 0 aliphatic carbocycles. The number of carbonyl (C=O) groups excluding carboxylic acids is 1. The van der Waals surface area contributed by atoms with Gasteiger partial charge in [-0.15, -0.1) is 0 Å². The fourth-order valence-electron chi connectivity index (χ4n) is 1.56. The molecule has 98 valence electrons. The second-order valence-electron chi connectivity index (χ2n) is 4.31. The summed E-state index contributed by atoms with van der Waals surface area (Å²) in [5, 5.41) is 11.4. The number of benzene rings is 1. The number of hydrogen-bond acceptors (Lipinski definition) is 2. The zero-order valence-electron chi connectivity index (χ0n) is 10.1. The van der Waals surface area contributed by atoms with Crippen molar-refractivity contribution in [2.45, 2.75) is 26.3 Å². The van der Waals surface area contributed by atoms with Crippen LogP contribution in [0.4, 0.5) is 0 Å². The molecule has 2 N–H and O–H groups in total. The minimum atomic E-state index is -0.872. The third-order valence-corrected chi connectivity index (χ3v) is 2.99. The van der Waals surface area contributed by atoms with Gasteiger partial charge < -0.3 is 10.4 Å². The van der Waals surface area contributed by atoms with E-state index in [2.05, 4.69) is 21.2 Å². The van der Waals surface area contributed by atoms with Gasteiger partial charge in [0.25, 0.3) is 0 Å². The molecule has 0 bridgehead atoms. The Bertz CT molecular complexity index is 417. The zero-order valence-corrected chi connectivity index (χ0v) is 11.7. The summed E-state index contributed by atoms with van der Waals surface area (Å²) in [7, 11) is 0. The van der Waals surface area contributed by atoms with E-state index in [4.69, 9.17) is 5.11 Å². The molecule has 0 saturated carbocycles. The van der Waals surface area contributed by atoms with Crippen molar-refractivity contribution in [1.29, 1.82) is 0 Å². The first-order valence-corrected chi connectivity index (χ1v) is 6.49. The second kappa shape index (κ2) is 7.16. The number of carbonyl (C=O) groups is 2. The number of carboxylic acid groups (broad SMARTS) is 1. The Kier molecular flexibility index (Phi) is 5.85. The molecule has 0 aromatic heterocycles. The molecule has 0 aliphatic heterocycles. The monoisotopic (exact) mass is 313 g/mol. The highest BCUT2D eigenvalue weighted by molar-refractivity contribution is 9.10. The van der Waals surface area contributed by atoms with Gasteiger partial charge in [0.1, 0.15) is 0 Å². The Hall–Kier alpha value is -1.36. The van der Waals surface area contributed by atoms with Gasteiger partial charge in [-0.2, -0.15) is 0 Å². The quantitative estimate of drug-likeness (QED) is 0.848. The molecule has 1 aromatic carbocycles. The minimum absolute atomic E-state index is 0.0195. The highest BCUT2D eigenvalue weighted by Crippen LogP contribution is 2.11. The largest absolute Gasteiger partial charge is 0.481 e. The standard InChI is InChI=1S/C13H16BrNO3/c1-9(7-13(17)18)6-12(16)15-8-10-2-4-11(14)5-3-10/h2-5,9H,6-8H2,1H3,(H,15,16)(H,17,18). The van der Waals surface area contributed by atoms with Crippen LogP contribution in [0, 0.1) is 5.92 Å². The molecular formula is C13H16BrNO3. The molecule has 0 radical (unpaired) electrons. The van der Waals surface area contributed by atoms with Gasteiger partial charge in [0.15, 0.2) is 0 Å². The highest BCUT2D eigenvalue weighted by atomic mass is 79.9. The smallest absolute Gasteiger partial charge is 0.303 e. The lowest BCUT2D eigenvalue weighted by Crippen LogP contribution is -2.25. The van der Waals surface area contributed by atoms with Crippen molar-refractivity contribution >= 4 is 27.8 Å². The lowest BCUT2D eigenvalue weighted by Gasteiger charge is -2.09.